The Kier molecular flexibility index (Phi) is 7.18. The molecule has 0 radical (unpaired) electrons. The summed E-state index contributed by atoms with van der Waals surface area (Å²) in [7, 11) is 0. The maximum absolute atomic E-state index is 14.5. The number of fused-ring (bicyclic) bond motifs is 1. The van der Waals surface area contributed by atoms with Crippen LogP contribution in [0.3, 0.4) is 0 Å². The average Bonchev–Trinajstić information content (AvgIpc) is 2.79. The molecule has 5 nitrogen and oxygen atoms in total. The van der Waals surface area contributed by atoms with Crippen molar-refractivity contribution >= 4 is 33.5 Å². The number of hydrogen-bond donors (Lipinski definition) is 1. The minimum absolute atomic E-state index is 0.0200. The van der Waals surface area contributed by atoms with Crippen molar-refractivity contribution in [1.82, 2.24) is 0 Å². The molecule has 3 aromatic rings. The van der Waals surface area contributed by atoms with E-state index in [1.165, 1.54) is 6.92 Å². The third-order valence-corrected chi connectivity index (χ3v) is 6.63. The highest BCUT2D eigenvalue weighted by Gasteiger charge is 2.36. The average molecular weight is 558 g/mol. The molecule has 1 heterocycles. The summed E-state index contributed by atoms with van der Waals surface area (Å²) in [5.74, 6) is -3.27. The van der Waals surface area contributed by atoms with E-state index in [2.05, 4.69) is 33.4 Å². The number of esters is 1. The number of hydrogen-bond acceptors (Lipinski definition) is 4. The van der Waals surface area contributed by atoms with Gasteiger partial charge in [0, 0.05) is 22.7 Å². The van der Waals surface area contributed by atoms with E-state index in [-0.39, 0.29) is 23.8 Å². The van der Waals surface area contributed by atoms with Crippen molar-refractivity contribution in [3.05, 3.63) is 92.5 Å². The highest BCUT2D eigenvalue weighted by Crippen LogP contribution is 2.48. The SMILES string of the molecule is CCOC(=O)c1c(F)cc(NC(=O)c2cc(Br)c3c(c2)C(c2ccc(C)cc2)CC(C)(C)O3)cc1F. The number of carbonyl (C=O) groups excluding carboxylic acids is 2. The molecular weight excluding hydrogens is 532 g/mol. The number of halogens is 3. The van der Waals surface area contributed by atoms with Crippen LogP contribution in [-0.4, -0.2) is 24.1 Å². The van der Waals surface area contributed by atoms with Crippen molar-refractivity contribution < 1.29 is 27.8 Å². The number of anilines is 1. The summed E-state index contributed by atoms with van der Waals surface area (Å²) in [6.07, 6.45) is 0.701. The minimum atomic E-state index is -1.12. The van der Waals surface area contributed by atoms with Crippen molar-refractivity contribution in [1.29, 1.82) is 0 Å². The van der Waals surface area contributed by atoms with E-state index < -0.39 is 34.7 Å². The molecule has 8 heteroatoms. The van der Waals surface area contributed by atoms with Gasteiger partial charge in [0.1, 0.15) is 28.5 Å². The first-order valence-corrected chi connectivity index (χ1v) is 12.3. The third-order valence-electron chi connectivity index (χ3n) is 6.04. The predicted octanol–water partition coefficient (Wildman–Crippen LogP) is 7.16. The number of carbonyl (C=O) groups is 2. The molecule has 1 aliphatic heterocycles. The van der Waals surface area contributed by atoms with Crippen molar-refractivity contribution in [3.63, 3.8) is 0 Å². The quantitative estimate of drug-likeness (QED) is 0.338. The van der Waals surface area contributed by atoms with Crippen LogP contribution in [-0.2, 0) is 4.74 Å². The molecule has 0 spiro atoms. The lowest BCUT2D eigenvalue weighted by Crippen LogP contribution is -2.35. The van der Waals surface area contributed by atoms with Crippen LogP contribution < -0.4 is 10.1 Å². The minimum Gasteiger partial charge on any atom is -0.486 e. The summed E-state index contributed by atoms with van der Waals surface area (Å²) in [5.41, 5.74) is 2.03. The van der Waals surface area contributed by atoms with Gasteiger partial charge < -0.3 is 14.8 Å². The molecule has 0 aliphatic carbocycles. The van der Waals surface area contributed by atoms with E-state index in [0.29, 0.717) is 16.6 Å². The Bertz CT molecular complexity index is 1320. The number of aryl methyl sites for hydroxylation is 1. The normalized spacial score (nSPS) is 16.0. The van der Waals surface area contributed by atoms with E-state index in [1.54, 1.807) is 12.1 Å². The zero-order valence-electron chi connectivity index (χ0n) is 20.4. The van der Waals surface area contributed by atoms with Crippen LogP contribution in [0.25, 0.3) is 0 Å². The van der Waals surface area contributed by atoms with Gasteiger partial charge in [-0.05, 0) is 79.9 Å². The highest BCUT2D eigenvalue weighted by molar-refractivity contribution is 9.10. The summed E-state index contributed by atoms with van der Waals surface area (Å²) in [5, 5.41) is 2.52. The monoisotopic (exact) mass is 557 g/mol. The zero-order valence-corrected chi connectivity index (χ0v) is 22.0. The molecule has 188 valence electrons. The molecule has 1 atom stereocenters. The van der Waals surface area contributed by atoms with Gasteiger partial charge in [0.25, 0.3) is 5.91 Å². The van der Waals surface area contributed by atoms with E-state index in [9.17, 15) is 18.4 Å². The lowest BCUT2D eigenvalue weighted by Gasteiger charge is -2.38. The van der Waals surface area contributed by atoms with Crippen molar-refractivity contribution in [3.8, 4) is 5.75 Å². The molecule has 0 saturated heterocycles. The number of rotatable bonds is 5. The van der Waals surface area contributed by atoms with Gasteiger partial charge in [-0.2, -0.15) is 0 Å². The van der Waals surface area contributed by atoms with Crippen molar-refractivity contribution in [2.24, 2.45) is 0 Å². The number of benzene rings is 3. The third kappa shape index (κ3) is 5.28. The van der Waals surface area contributed by atoms with E-state index >= 15 is 0 Å². The standard InChI is InChI=1S/C28H26BrF2NO4/c1-5-35-27(34)24-22(30)12-18(13-23(24)31)32-26(33)17-10-19-20(16-8-6-15(2)7-9-16)14-28(3,4)36-25(19)21(29)11-17/h6-13,20H,5,14H2,1-4H3,(H,32,33). The smallest absolute Gasteiger partial charge is 0.344 e. The Hall–Kier alpha value is -3.26. The molecule has 3 aromatic carbocycles. The number of ether oxygens (including phenoxy) is 2. The van der Waals surface area contributed by atoms with Crippen molar-refractivity contribution in [2.45, 2.75) is 45.6 Å². The lowest BCUT2D eigenvalue weighted by atomic mass is 9.79. The Morgan fingerprint density at radius 2 is 1.75 bits per heavy atom. The lowest BCUT2D eigenvalue weighted by molar-refractivity contribution is 0.0515. The first kappa shape index (κ1) is 25.8. The molecule has 0 saturated carbocycles. The van der Waals surface area contributed by atoms with Crippen LogP contribution in [0.15, 0.2) is 53.0 Å². The first-order chi connectivity index (χ1) is 17.0. The van der Waals surface area contributed by atoms with Gasteiger partial charge in [0.2, 0.25) is 0 Å². The van der Waals surface area contributed by atoms with Crippen LogP contribution in [0.4, 0.5) is 14.5 Å². The largest absolute Gasteiger partial charge is 0.486 e. The molecule has 0 bridgehead atoms. The summed E-state index contributed by atoms with van der Waals surface area (Å²) in [4.78, 5) is 24.9. The molecule has 1 amide bonds. The van der Waals surface area contributed by atoms with Gasteiger partial charge >= 0.3 is 5.97 Å². The van der Waals surface area contributed by atoms with E-state index in [0.717, 1.165) is 28.8 Å². The fourth-order valence-corrected chi connectivity index (χ4v) is 4.93. The number of amides is 1. The van der Waals surface area contributed by atoms with Crippen LogP contribution in [0.5, 0.6) is 5.75 Å². The zero-order chi connectivity index (χ0) is 26.2. The molecule has 1 unspecified atom stereocenters. The molecule has 1 aliphatic rings. The van der Waals surface area contributed by atoms with Gasteiger partial charge in [-0.3, -0.25) is 4.79 Å². The summed E-state index contributed by atoms with van der Waals surface area (Å²) in [6, 6.07) is 13.4. The maximum atomic E-state index is 14.5. The Morgan fingerprint density at radius 1 is 1.11 bits per heavy atom. The number of nitrogens with one attached hydrogen (secondary N) is 1. The first-order valence-electron chi connectivity index (χ1n) is 11.6. The highest BCUT2D eigenvalue weighted by atomic mass is 79.9. The topological polar surface area (TPSA) is 64.6 Å². The van der Waals surface area contributed by atoms with E-state index in [1.807, 2.05) is 32.9 Å². The van der Waals surface area contributed by atoms with Gasteiger partial charge in [0.15, 0.2) is 0 Å². The van der Waals surface area contributed by atoms with Gasteiger partial charge in [-0.25, -0.2) is 13.6 Å². The van der Waals surface area contributed by atoms with Crippen LogP contribution >= 0.6 is 15.9 Å². The second kappa shape index (κ2) is 10.0. The second-order valence-electron chi connectivity index (χ2n) is 9.40. The van der Waals surface area contributed by atoms with Crippen LogP contribution in [0.2, 0.25) is 0 Å². The Morgan fingerprint density at radius 3 is 2.36 bits per heavy atom. The van der Waals surface area contributed by atoms with Gasteiger partial charge in [-0.1, -0.05) is 29.8 Å². The maximum Gasteiger partial charge on any atom is 0.344 e. The Balaban J connectivity index is 1.68. The molecule has 36 heavy (non-hydrogen) atoms. The summed E-state index contributed by atoms with van der Waals surface area (Å²) >= 11 is 3.54. The second-order valence-corrected chi connectivity index (χ2v) is 10.2. The fourth-order valence-electron chi connectivity index (χ4n) is 4.37. The Labute approximate surface area is 216 Å². The summed E-state index contributed by atoms with van der Waals surface area (Å²) < 4.78 is 40.4. The van der Waals surface area contributed by atoms with Crippen molar-refractivity contribution in [2.75, 3.05) is 11.9 Å². The molecular formula is C28H26BrF2NO4. The fraction of sp³-hybridized carbons (Fsp3) is 0.286. The van der Waals surface area contributed by atoms with E-state index in [4.69, 9.17) is 9.47 Å². The molecule has 0 fully saturated rings. The van der Waals surface area contributed by atoms with Gasteiger partial charge in [-0.15, -0.1) is 0 Å². The molecule has 1 N–H and O–H groups in total. The summed E-state index contributed by atoms with van der Waals surface area (Å²) in [6.45, 7) is 7.58. The van der Waals surface area contributed by atoms with Crippen LogP contribution in [0.1, 0.15) is 70.5 Å². The molecule has 0 aromatic heterocycles. The molecule has 4 rings (SSSR count). The van der Waals surface area contributed by atoms with Gasteiger partial charge in [0.05, 0.1) is 11.1 Å². The predicted molar refractivity (Wildman–Crippen MR) is 137 cm³/mol. The van der Waals surface area contributed by atoms with Crippen LogP contribution in [0, 0.1) is 18.6 Å².